The van der Waals surface area contributed by atoms with Gasteiger partial charge in [-0.05, 0) is 18.6 Å². The number of benzene rings is 1. The summed E-state index contributed by atoms with van der Waals surface area (Å²) in [5.74, 6) is 0. The van der Waals surface area contributed by atoms with Gasteiger partial charge in [0.05, 0.1) is 0 Å². The highest BCUT2D eigenvalue weighted by Gasteiger charge is 2.29. The quantitative estimate of drug-likeness (QED) is 0.551. The molecule has 83 valence electrons. The van der Waals surface area contributed by atoms with Crippen LogP contribution in [0.3, 0.4) is 0 Å². The summed E-state index contributed by atoms with van der Waals surface area (Å²) in [6, 6.07) is 4.77. The van der Waals surface area contributed by atoms with Crippen molar-refractivity contribution >= 4 is 69.6 Å². The van der Waals surface area contributed by atoms with Crippen molar-refractivity contribution in [2.75, 3.05) is 0 Å². The van der Waals surface area contributed by atoms with Crippen molar-refractivity contribution in [3.8, 4) is 0 Å². The van der Waals surface area contributed by atoms with Gasteiger partial charge in [0.2, 0.25) is 7.59 Å². The molecule has 0 aromatic heterocycles. The van der Waals surface area contributed by atoms with Crippen LogP contribution in [0, 0.1) is 6.92 Å². The molecule has 0 fully saturated rings. The molecule has 0 unspecified atom stereocenters. The van der Waals surface area contributed by atoms with Crippen LogP contribution in [0.15, 0.2) is 18.2 Å². The van der Waals surface area contributed by atoms with Gasteiger partial charge < -0.3 is 0 Å². The van der Waals surface area contributed by atoms with Crippen LogP contribution in [0.25, 0.3) is 0 Å². The van der Waals surface area contributed by atoms with Gasteiger partial charge in [-0.2, -0.15) is 0 Å². The summed E-state index contributed by atoms with van der Waals surface area (Å²) in [5.41, 5.74) is 1.41. The number of alkyl halides is 6. The van der Waals surface area contributed by atoms with Gasteiger partial charge in [0.15, 0.2) is 0 Å². The molecule has 0 atom stereocenters. The number of hydrogen-bond acceptors (Lipinski definition) is 0. The fraction of sp³-hybridized carbons (Fsp3) is 0.222. The van der Waals surface area contributed by atoms with E-state index in [0.717, 1.165) is 0 Å². The summed E-state index contributed by atoms with van der Waals surface area (Å²) >= 11 is 34.4. The highest BCUT2D eigenvalue weighted by Crippen LogP contribution is 2.44. The van der Waals surface area contributed by atoms with Crippen LogP contribution in [-0.4, -0.2) is 0 Å². The SMILES string of the molecule is [CH2]c1ccc(C(Cl)(Cl)Cl)cc1C(Cl)(Cl)Cl. The predicted octanol–water partition coefficient (Wildman–Crippen LogP) is 5.52. The molecule has 15 heavy (non-hydrogen) atoms. The van der Waals surface area contributed by atoms with Gasteiger partial charge in [-0.3, -0.25) is 0 Å². The number of rotatable bonds is 0. The second kappa shape index (κ2) is 4.68. The van der Waals surface area contributed by atoms with E-state index < -0.39 is 7.59 Å². The van der Waals surface area contributed by atoms with Crippen molar-refractivity contribution in [1.29, 1.82) is 0 Å². The fourth-order valence-electron chi connectivity index (χ4n) is 1.02. The van der Waals surface area contributed by atoms with E-state index in [4.69, 9.17) is 69.6 Å². The van der Waals surface area contributed by atoms with E-state index in [1.165, 1.54) is 6.07 Å². The molecule has 0 nitrogen and oxygen atoms in total. The van der Waals surface area contributed by atoms with E-state index in [1.54, 1.807) is 12.1 Å². The third kappa shape index (κ3) is 3.73. The third-order valence-corrected chi connectivity index (χ3v) is 3.01. The zero-order valence-corrected chi connectivity index (χ0v) is 11.7. The van der Waals surface area contributed by atoms with Gasteiger partial charge in [0.25, 0.3) is 0 Å². The normalized spacial score (nSPS) is 13.0. The Morgan fingerprint density at radius 1 is 0.867 bits per heavy atom. The minimum Gasteiger partial charge on any atom is -0.0784 e. The number of hydrogen-bond donors (Lipinski definition) is 0. The topological polar surface area (TPSA) is 0 Å². The first-order chi connectivity index (χ1) is 6.62. The highest BCUT2D eigenvalue weighted by molar-refractivity contribution is 6.67. The lowest BCUT2D eigenvalue weighted by molar-refractivity contribution is 1.15. The summed E-state index contributed by atoms with van der Waals surface area (Å²) in [5, 5.41) is 0. The zero-order chi connectivity index (χ0) is 11.9. The maximum Gasteiger partial charge on any atom is 0.216 e. The Balaban J connectivity index is 3.30. The Hall–Kier alpha value is 0.960. The molecule has 0 saturated carbocycles. The van der Waals surface area contributed by atoms with Crippen molar-refractivity contribution in [2.24, 2.45) is 0 Å². The fourth-order valence-corrected chi connectivity index (χ4v) is 1.90. The van der Waals surface area contributed by atoms with Crippen LogP contribution >= 0.6 is 69.6 Å². The van der Waals surface area contributed by atoms with E-state index >= 15 is 0 Å². The molecule has 0 aliphatic rings. The molecule has 0 amide bonds. The standard InChI is InChI=1S/C9H5Cl6/c1-5-2-3-6(8(10,11)12)4-7(5)9(13,14)15/h2-4H,1H2. The first-order valence-electron chi connectivity index (χ1n) is 3.73. The van der Waals surface area contributed by atoms with Gasteiger partial charge in [-0.1, -0.05) is 81.7 Å². The van der Waals surface area contributed by atoms with Crippen LogP contribution in [0.1, 0.15) is 16.7 Å². The van der Waals surface area contributed by atoms with Crippen LogP contribution in [0.2, 0.25) is 0 Å². The van der Waals surface area contributed by atoms with E-state index in [2.05, 4.69) is 6.92 Å². The predicted molar refractivity (Wildman–Crippen MR) is 69.4 cm³/mol. The van der Waals surface area contributed by atoms with E-state index in [9.17, 15) is 0 Å². The molecular weight excluding hydrogens is 321 g/mol. The van der Waals surface area contributed by atoms with E-state index in [0.29, 0.717) is 16.7 Å². The molecule has 1 aromatic carbocycles. The molecule has 0 N–H and O–H groups in total. The van der Waals surface area contributed by atoms with Crippen molar-refractivity contribution in [2.45, 2.75) is 7.59 Å². The molecule has 0 spiro atoms. The summed E-state index contributed by atoms with van der Waals surface area (Å²) in [4.78, 5) is 0. The lowest BCUT2D eigenvalue weighted by Crippen LogP contribution is -2.07. The summed E-state index contributed by atoms with van der Waals surface area (Å²) in [7, 11) is 0. The molecule has 0 saturated heterocycles. The van der Waals surface area contributed by atoms with E-state index in [-0.39, 0.29) is 0 Å². The molecule has 0 heterocycles. The molecule has 1 radical (unpaired) electrons. The van der Waals surface area contributed by atoms with Crippen LogP contribution in [0.5, 0.6) is 0 Å². The second-order valence-corrected chi connectivity index (χ2v) is 7.43. The largest absolute Gasteiger partial charge is 0.216 e. The Morgan fingerprint density at radius 3 is 1.80 bits per heavy atom. The molecule has 1 aromatic rings. The summed E-state index contributed by atoms with van der Waals surface area (Å²) in [6.07, 6.45) is 0. The molecule has 0 aliphatic heterocycles. The maximum absolute atomic E-state index is 5.75. The monoisotopic (exact) mass is 323 g/mol. The molecule has 1 rings (SSSR count). The Morgan fingerprint density at radius 2 is 1.40 bits per heavy atom. The Bertz CT molecular complexity index is 360. The second-order valence-electron chi connectivity index (χ2n) is 2.87. The minimum absolute atomic E-state index is 0.399. The summed E-state index contributed by atoms with van der Waals surface area (Å²) in [6.45, 7) is 3.73. The lowest BCUT2D eigenvalue weighted by Gasteiger charge is -2.18. The van der Waals surface area contributed by atoms with Crippen LogP contribution in [-0.2, 0) is 7.59 Å². The van der Waals surface area contributed by atoms with Crippen molar-refractivity contribution < 1.29 is 0 Å². The van der Waals surface area contributed by atoms with Crippen LogP contribution < -0.4 is 0 Å². The minimum atomic E-state index is -1.58. The molecule has 0 aliphatic carbocycles. The first-order valence-corrected chi connectivity index (χ1v) is 5.99. The molecule has 0 bridgehead atoms. The maximum atomic E-state index is 5.75. The van der Waals surface area contributed by atoms with Gasteiger partial charge in [0.1, 0.15) is 0 Å². The zero-order valence-electron chi connectivity index (χ0n) is 7.21. The van der Waals surface area contributed by atoms with Crippen LogP contribution in [0.4, 0.5) is 0 Å². The molecular formula is C9H5Cl6. The first kappa shape index (κ1) is 14.0. The average molecular weight is 326 g/mol. The van der Waals surface area contributed by atoms with Gasteiger partial charge in [0, 0.05) is 11.1 Å². The third-order valence-electron chi connectivity index (χ3n) is 1.74. The summed E-state index contributed by atoms with van der Waals surface area (Å²) < 4.78 is -3.12. The lowest BCUT2D eigenvalue weighted by atomic mass is 10.1. The average Bonchev–Trinajstić information content (AvgIpc) is 2.00. The van der Waals surface area contributed by atoms with Gasteiger partial charge in [-0.25, -0.2) is 0 Å². The highest BCUT2D eigenvalue weighted by atomic mass is 35.6. The Kier molecular flexibility index (Phi) is 4.37. The van der Waals surface area contributed by atoms with E-state index in [1.807, 2.05) is 0 Å². The van der Waals surface area contributed by atoms with Gasteiger partial charge in [-0.15, -0.1) is 0 Å². The van der Waals surface area contributed by atoms with Crippen molar-refractivity contribution in [3.05, 3.63) is 41.8 Å². The van der Waals surface area contributed by atoms with Crippen molar-refractivity contribution in [1.82, 2.24) is 0 Å². The smallest absolute Gasteiger partial charge is 0.0784 e. The van der Waals surface area contributed by atoms with Gasteiger partial charge >= 0.3 is 0 Å². The van der Waals surface area contributed by atoms with Crippen molar-refractivity contribution in [3.63, 3.8) is 0 Å². The Labute approximate surface area is 118 Å². The molecule has 6 heteroatoms. The number of halogens is 6.